The molecule has 1 aromatic heterocycles. The maximum absolute atomic E-state index is 14.0. The Kier molecular flexibility index (Phi) is 9.51. The molecule has 2 aromatic rings. The number of hydrogen-bond acceptors (Lipinski definition) is 6. The number of amides is 3. The standard InChI is InChI=1S/C25H25ClF6N4O4S/c26-20-6-5-19(41-20)23(39)33-10-18(35(11-14-1-2-14)13-24(27,28)29)22(38)34-17-4-3-15(9-16(17)25(30,31)32)36-7-8-40-12-21(36)37/h3-6,9,14,18H,1-2,7-8,10-13H2,(H,33,39)(H,34,38)/t18-/m0/s1. The molecule has 0 bridgehead atoms. The molecule has 2 heterocycles. The van der Waals surface area contributed by atoms with E-state index in [-0.39, 0.29) is 42.8 Å². The molecular formula is C25H25ClF6N4O4S. The molecule has 16 heteroatoms. The van der Waals surface area contributed by atoms with Crippen LogP contribution in [0.4, 0.5) is 37.7 Å². The number of carbonyl (C=O) groups excluding carboxylic acids is 3. The fraction of sp³-hybridized carbons (Fsp3) is 0.480. The molecular weight excluding hydrogens is 602 g/mol. The van der Waals surface area contributed by atoms with Gasteiger partial charge in [-0.2, -0.15) is 26.3 Å². The summed E-state index contributed by atoms with van der Waals surface area (Å²) in [6.07, 6.45) is -8.41. The fourth-order valence-corrected chi connectivity index (χ4v) is 5.27. The maximum atomic E-state index is 14.0. The van der Waals surface area contributed by atoms with E-state index in [2.05, 4.69) is 10.6 Å². The van der Waals surface area contributed by atoms with Gasteiger partial charge in [-0.25, -0.2) is 0 Å². The molecule has 0 spiro atoms. The third-order valence-electron chi connectivity index (χ3n) is 6.43. The van der Waals surface area contributed by atoms with Gasteiger partial charge in [0.1, 0.15) is 12.6 Å². The van der Waals surface area contributed by atoms with Crippen LogP contribution >= 0.6 is 22.9 Å². The van der Waals surface area contributed by atoms with Crippen LogP contribution in [0.3, 0.4) is 0 Å². The summed E-state index contributed by atoms with van der Waals surface area (Å²) < 4.78 is 87.9. The van der Waals surface area contributed by atoms with Gasteiger partial charge in [-0.15, -0.1) is 11.3 Å². The summed E-state index contributed by atoms with van der Waals surface area (Å²) in [6.45, 7) is -2.42. The average Bonchev–Trinajstić information content (AvgIpc) is 3.59. The van der Waals surface area contributed by atoms with Gasteiger partial charge in [-0.3, -0.25) is 19.3 Å². The van der Waals surface area contributed by atoms with Crippen LogP contribution in [0.5, 0.6) is 0 Å². The lowest BCUT2D eigenvalue weighted by molar-refractivity contribution is -0.154. The molecule has 4 rings (SSSR count). The number of halogens is 7. The number of hydrogen-bond donors (Lipinski definition) is 2. The average molecular weight is 627 g/mol. The Morgan fingerprint density at radius 3 is 2.46 bits per heavy atom. The molecule has 1 aromatic carbocycles. The molecule has 0 radical (unpaired) electrons. The number of anilines is 2. The van der Waals surface area contributed by atoms with Gasteiger partial charge in [0.15, 0.2) is 0 Å². The molecule has 2 fully saturated rings. The van der Waals surface area contributed by atoms with Gasteiger partial charge in [0, 0.05) is 25.3 Å². The third kappa shape index (κ3) is 8.56. The molecule has 1 atom stereocenters. The molecule has 224 valence electrons. The number of nitrogens with zero attached hydrogens (tertiary/aromatic N) is 2. The van der Waals surface area contributed by atoms with Crippen molar-refractivity contribution in [3.63, 3.8) is 0 Å². The zero-order valence-corrected chi connectivity index (χ0v) is 22.9. The van der Waals surface area contributed by atoms with E-state index in [0.29, 0.717) is 23.2 Å². The van der Waals surface area contributed by atoms with Gasteiger partial charge in [-0.05, 0) is 49.1 Å². The molecule has 1 saturated heterocycles. The van der Waals surface area contributed by atoms with E-state index < -0.39 is 60.5 Å². The molecule has 1 aliphatic heterocycles. The van der Waals surface area contributed by atoms with E-state index in [4.69, 9.17) is 16.3 Å². The van der Waals surface area contributed by atoms with Crippen molar-refractivity contribution < 1.29 is 45.5 Å². The van der Waals surface area contributed by atoms with Crippen LogP contribution in [-0.2, 0) is 20.5 Å². The normalized spacial score (nSPS) is 17.1. The maximum Gasteiger partial charge on any atom is 0.418 e. The highest BCUT2D eigenvalue weighted by molar-refractivity contribution is 7.18. The second-order valence-corrected chi connectivity index (χ2v) is 11.3. The van der Waals surface area contributed by atoms with E-state index in [1.807, 2.05) is 0 Å². The number of nitrogens with one attached hydrogen (secondary N) is 2. The van der Waals surface area contributed by atoms with E-state index in [9.17, 15) is 40.7 Å². The first kappa shape index (κ1) is 31.1. The van der Waals surface area contributed by atoms with E-state index >= 15 is 0 Å². The van der Waals surface area contributed by atoms with Crippen LogP contribution in [0.25, 0.3) is 0 Å². The molecule has 1 aliphatic carbocycles. The van der Waals surface area contributed by atoms with Crippen molar-refractivity contribution in [1.82, 2.24) is 10.2 Å². The molecule has 41 heavy (non-hydrogen) atoms. The van der Waals surface area contributed by atoms with Gasteiger partial charge >= 0.3 is 12.4 Å². The molecule has 0 unspecified atom stereocenters. The van der Waals surface area contributed by atoms with Crippen molar-refractivity contribution in [2.45, 2.75) is 31.2 Å². The van der Waals surface area contributed by atoms with E-state index in [0.717, 1.165) is 27.2 Å². The summed E-state index contributed by atoms with van der Waals surface area (Å²) in [6, 6.07) is 4.01. The highest BCUT2D eigenvalue weighted by Crippen LogP contribution is 2.38. The summed E-state index contributed by atoms with van der Waals surface area (Å²) in [7, 11) is 0. The second kappa shape index (κ2) is 12.5. The van der Waals surface area contributed by atoms with Gasteiger partial charge < -0.3 is 20.3 Å². The van der Waals surface area contributed by atoms with Crippen LogP contribution in [-0.4, -0.2) is 74.2 Å². The monoisotopic (exact) mass is 626 g/mol. The number of morpholine rings is 1. The minimum Gasteiger partial charge on any atom is -0.370 e. The van der Waals surface area contributed by atoms with Crippen molar-refractivity contribution in [2.75, 3.05) is 49.6 Å². The number of benzene rings is 1. The van der Waals surface area contributed by atoms with Crippen molar-refractivity contribution in [3.05, 3.63) is 45.1 Å². The summed E-state index contributed by atoms with van der Waals surface area (Å²) in [5.74, 6) is -2.53. The van der Waals surface area contributed by atoms with Crippen LogP contribution < -0.4 is 15.5 Å². The van der Waals surface area contributed by atoms with Crippen molar-refractivity contribution in [2.24, 2.45) is 5.92 Å². The van der Waals surface area contributed by atoms with Crippen LogP contribution in [0.2, 0.25) is 4.34 Å². The summed E-state index contributed by atoms with van der Waals surface area (Å²) in [5, 5.41) is 4.53. The number of alkyl halides is 6. The Balaban J connectivity index is 1.61. The Bertz CT molecular complexity index is 1280. The molecule has 2 N–H and O–H groups in total. The van der Waals surface area contributed by atoms with Crippen molar-refractivity contribution >= 4 is 52.0 Å². The lowest BCUT2D eigenvalue weighted by atomic mass is 10.1. The lowest BCUT2D eigenvalue weighted by Gasteiger charge is -2.32. The molecule has 2 aliphatic rings. The zero-order chi connectivity index (χ0) is 29.9. The number of rotatable bonds is 10. The highest BCUT2D eigenvalue weighted by atomic mass is 35.5. The summed E-state index contributed by atoms with van der Waals surface area (Å²) >= 11 is 6.75. The Hall–Kier alpha value is -2.88. The van der Waals surface area contributed by atoms with Crippen LogP contribution in [0.15, 0.2) is 30.3 Å². The van der Waals surface area contributed by atoms with Gasteiger partial charge in [0.2, 0.25) is 5.91 Å². The number of thiophene rings is 1. The Labute approximate surface area is 239 Å². The highest BCUT2D eigenvalue weighted by Gasteiger charge is 2.41. The summed E-state index contributed by atoms with van der Waals surface area (Å²) in [4.78, 5) is 40.1. The fourth-order valence-electron chi connectivity index (χ4n) is 4.32. The van der Waals surface area contributed by atoms with E-state index in [1.54, 1.807) is 0 Å². The van der Waals surface area contributed by atoms with Gasteiger partial charge in [-0.1, -0.05) is 11.6 Å². The Morgan fingerprint density at radius 1 is 1.15 bits per heavy atom. The lowest BCUT2D eigenvalue weighted by Crippen LogP contribution is -2.54. The number of carbonyl (C=O) groups is 3. The van der Waals surface area contributed by atoms with Crippen molar-refractivity contribution in [3.8, 4) is 0 Å². The summed E-state index contributed by atoms with van der Waals surface area (Å²) in [5.41, 5.74) is -2.07. The predicted octanol–water partition coefficient (Wildman–Crippen LogP) is 4.79. The Morgan fingerprint density at radius 2 is 1.88 bits per heavy atom. The predicted molar refractivity (Wildman–Crippen MR) is 139 cm³/mol. The SMILES string of the molecule is O=C(NC[C@@H](C(=O)Nc1ccc(N2CCOCC2=O)cc1C(F)(F)F)N(CC1CC1)CC(F)(F)F)c1ccc(Cl)s1. The van der Waals surface area contributed by atoms with Crippen LogP contribution in [0, 0.1) is 5.92 Å². The van der Waals surface area contributed by atoms with Crippen LogP contribution in [0.1, 0.15) is 28.1 Å². The first-order valence-electron chi connectivity index (χ1n) is 12.5. The third-order valence-corrected chi connectivity index (χ3v) is 7.66. The zero-order valence-electron chi connectivity index (χ0n) is 21.3. The smallest absolute Gasteiger partial charge is 0.370 e. The largest absolute Gasteiger partial charge is 0.418 e. The van der Waals surface area contributed by atoms with Crippen molar-refractivity contribution in [1.29, 1.82) is 0 Å². The molecule has 3 amide bonds. The van der Waals surface area contributed by atoms with Gasteiger partial charge in [0.05, 0.1) is 33.6 Å². The first-order chi connectivity index (χ1) is 19.2. The first-order valence-corrected chi connectivity index (χ1v) is 13.7. The molecule has 1 saturated carbocycles. The minimum atomic E-state index is -4.98. The van der Waals surface area contributed by atoms with E-state index in [1.165, 1.54) is 18.2 Å². The second-order valence-electron chi connectivity index (χ2n) is 9.63. The molecule has 8 nitrogen and oxygen atoms in total. The quantitative estimate of drug-likeness (QED) is 0.370. The minimum absolute atomic E-state index is 0.0205. The number of ether oxygens (including phenoxy) is 1. The van der Waals surface area contributed by atoms with Gasteiger partial charge in [0.25, 0.3) is 11.8 Å². The topological polar surface area (TPSA) is 91.0 Å².